The molecule has 146 valence electrons. The van der Waals surface area contributed by atoms with E-state index in [0.717, 1.165) is 0 Å². The number of ether oxygens (including phenoxy) is 1. The predicted molar refractivity (Wildman–Crippen MR) is 97.7 cm³/mol. The number of esters is 1. The lowest BCUT2D eigenvalue weighted by atomic mass is 10.2. The van der Waals surface area contributed by atoms with Gasteiger partial charge in [0.25, 0.3) is 5.89 Å². The molecule has 0 aliphatic carbocycles. The summed E-state index contributed by atoms with van der Waals surface area (Å²) in [6.07, 6.45) is -0.911. The van der Waals surface area contributed by atoms with E-state index in [1.165, 1.54) is 56.3 Å². The first kappa shape index (κ1) is 19.7. The monoisotopic (exact) mass is 404 g/mol. The summed E-state index contributed by atoms with van der Waals surface area (Å²) >= 11 is 0. The zero-order chi connectivity index (χ0) is 20.3. The van der Waals surface area contributed by atoms with E-state index in [4.69, 9.17) is 9.15 Å². The van der Waals surface area contributed by atoms with Gasteiger partial charge >= 0.3 is 5.97 Å². The summed E-state index contributed by atoms with van der Waals surface area (Å²) in [4.78, 5) is 12.4. The van der Waals surface area contributed by atoms with Gasteiger partial charge in [-0.1, -0.05) is 19.1 Å². The van der Waals surface area contributed by atoms with Crippen LogP contribution in [0.4, 0.5) is 4.39 Å². The van der Waals surface area contributed by atoms with Gasteiger partial charge in [-0.25, -0.2) is 17.6 Å². The van der Waals surface area contributed by atoms with Crippen molar-refractivity contribution in [3.05, 3.63) is 65.8 Å². The molecule has 28 heavy (non-hydrogen) atoms. The molecule has 3 rings (SSSR count). The second-order valence-corrected chi connectivity index (χ2v) is 8.15. The molecule has 1 atom stereocenters. The number of aromatic nitrogens is 2. The van der Waals surface area contributed by atoms with Gasteiger partial charge in [-0.3, -0.25) is 0 Å². The number of hydrogen-bond acceptors (Lipinski definition) is 7. The largest absolute Gasteiger partial charge is 0.449 e. The first-order valence-corrected chi connectivity index (χ1v) is 10.1. The molecule has 0 spiro atoms. The summed E-state index contributed by atoms with van der Waals surface area (Å²) in [7, 11) is -3.59. The lowest BCUT2D eigenvalue weighted by Gasteiger charge is -2.12. The summed E-state index contributed by atoms with van der Waals surface area (Å²) < 4.78 is 48.2. The smallest absolute Gasteiger partial charge is 0.340 e. The highest BCUT2D eigenvalue weighted by molar-refractivity contribution is 7.91. The van der Waals surface area contributed by atoms with Crippen molar-refractivity contribution in [1.29, 1.82) is 0 Å². The number of hydrogen-bond donors (Lipinski definition) is 0. The van der Waals surface area contributed by atoms with Crippen LogP contribution in [0.5, 0.6) is 0 Å². The lowest BCUT2D eigenvalue weighted by Crippen LogP contribution is -2.15. The van der Waals surface area contributed by atoms with Gasteiger partial charge in [-0.05, 0) is 43.3 Å². The molecule has 0 aliphatic rings. The molecule has 7 nitrogen and oxygen atoms in total. The van der Waals surface area contributed by atoms with Gasteiger partial charge in [0.15, 0.2) is 15.9 Å². The minimum absolute atomic E-state index is 0.0310. The summed E-state index contributed by atoms with van der Waals surface area (Å²) in [5, 5.41) is 7.70. The Labute approximate surface area is 161 Å². The van der Waals surface area contributed by atoms with Gasteiger partial charge in [0.2, 0.25) is 5.89 Å². The normalized spacial score (nSPS) is 12.5. The van der Waals surface area contributed by atoms with Crippen molar-refractivity contribution in [1.82, 2.24) is 10.2 Å². The fourth-order valence-corrected chi connectivity index (χ4v) is 3.53. The van der Waals surface area contributed by atoms with Crippen molar-refractivity contribution in [2.45, 2.75) is 24.8 Å². The predicted octanol–water partition coefficient (Wildman–Crippen LogP) is 3.59. The highest BCUT2D eigenvalue weighted by Crippen LogP contribution is 2.25. The summed E-state index contributed by atoms with van der Waals surface area (Å²) in [6.45, 7) is 3.02. The number of rotatable bonds is 6. The molecular weight excluding hydrogens is 387 g/mol. The summed E-state index contributed by atoms with van der Waals surface area (Å²) in [5.41, 5.74) is 0.451. The SMILES string of the molecule is CCS(=O)(=O)c1ccccc1C(=O)O[C@H](C)c1nnc(-c2ccc(F)cc2)o1. The van der Waals surface area contributed by atoms with Crippen molar-refractivity contribution in [2.24, 2.45) is 0 Å². The fraction of sp³-hybridized carbons (Fsp3) is 0.211. The van der Waals surface area contributed by atoms with Crippen LogP contribution in [-0.2, 0) is 14.6 Å². The molecule has 1 heterocycles. The van der Waals surface area contributed by atoms with Gasteiger partial charge in [-0.15, -0.1) is 10.2 Å². The van der Waals surface area contributed by atoms with Crippen LogP contribution in [0.1, 0.15) is 36.2 Å². The average molecular weight is 404 g/mol. The number of carbonyl (C=O) groups is 1. The lowest BCUT2D eigenvalue weighted by molar-refractivity contribution is 0.0275. The van der Waals surface area contributed by atoms with Crippen LogP contribution in [0.25, 0.3) is 11.5 Å². The van der Waals surface area contributed by atoms with Gasteiger partial charge in [0.1, 0.15) is 5.82 Å². The maximum absolute atomic E-state index is 13.0. The number of nitrogens with zero attached hydrogens (tertiary/aromatic N) is 2. The molecule has 0 fully saturated rings. The molecule has 0 saturated carbocycles. The Balaban J connectivity index is 1.80. The molecule has 0 radical (unpaired) electrons. The molecule has 0 saturated heterocycles. The summed E-state index contributed by atoms with van der Waals surface area (Å²) in [5.74, 6) is -1.18. The zero-order valence-electron chi connectivity index (χ0n) is 15.1. The Kier molecular flexibility index (Phi) is 5.55. The molecule has 9 heteroatoms. The van der Waals surface area contributed by atoms with Gasteiger partial charge in [0, 0.05) is 5.56 Å². The van der Waals surface area contributed by atoms with E-state index in [1.807, 2.05) is 0 Å². The average Bonchev–Trinajstić information content (AvgIpc) is 3.19. The first-order chi connectivity index (χ1) is 13.3. The molecule has 0 amide bonds. The van der Waals surface area contributed by atoms with Gasteiger partial charge < -0.3 is 9.15 Å². The van der Waals surface area contributed by atoms with Crippen LogP contribution >= 0.6 is 0 Å². The van der Waals surface area contributed by atoms with E-state index in [9.17, 15) is 17.6 Å². The van der Waals surface area contributed by atoms with Crippen LogP contribution in [-0.4, -0.2) is 30.3 Å². The molecule has 0 aliphatic heterocycles. The number of carbonyl (C=O) groups excluding carboxylic acids is 1. The fourth-order valence-electron chi connectivity index (χ4n) is 2.44. The molecule has 1 aromatic heterocycles. The third-order valence-corrected chi connectivity index (χ3v) is 5.77. The molecule has 2 aromatic carbocycles. The molecular formula is C19H17FN2O5S. The molecule has 3 aromatic rings. The Morgan fingerprint density at radius 2 is 1.82 bits per heavy atom. The maximum Gasteiger partial charge on any atom is 0.340 e. The van der Waals surface area contributed by atoms with Crippen molar-refractivity contribution < 1.29 is 26.8 Å². The minimum atomic E-state index is -3.59. The van der Waals surface area contributed by atoms with E-state index < -0.39 is 27.7 Å². The minimum Gasteiger partial charge on any atom is -0.449 e. The van der Waals surface area contributed by atoms with E-state index >= 15 is 0 Å². The van der Waals surface area contributed by atoms with Crippen LogP contribution in [0.15, 0.2) is 57.8 Å². The van der Waals surface area contributed by atoms with Crippen LogP contribution < -0.4 is 0 Å². The van der Waals surface area contributed by atoms with E-state index in [-0.39, 0.29) is 28.0 Å². The molecule has 0 unspecified atom stereocenters. The quantitative estimate of drug-likeness (QED) is 0.579. The van der Waals surface area contributed by atoms with Crippen molar-refractivity contribution in [3.8, 4) is 11.5 Å². The second-order valence-electron chi connectivity index (χ2n) is 5.90. The summed E-state index contributed by atoms with van der Waals surface area (Å²) in [6, 6.07) is 11.3. The van der Waals surface area contributed by atoms with Gasteiger partial charge in [0.05, 0.1) is 16.2 Å². The Bertz CT molecular complexity index is 1090. The van der Waals surface area contributed by atoms with E-state index in [2.05, 4.69) is 10.2 Å². The van der Waals surface area contributed by atoms with Crippen LogP contribution in [0.2, 0.25) is 0 Å². The molecule has 0 bridgehead atoms. The molecule has 0 N–H and O–H groups in total. The van der Waals surface area contributed by atoms with E-state index in [0.29, 0.717) is 5.56 Å². The number of benzene rings is 2. The maximum atomic E-state index is 13.0. The zero-order valence-corrected chi connectivity index (χ0v) is 15.9. The Morgan fingerprint density at radius 1 is 1.14 bits per heavy atom. The van der Waals surface area contributed by atoms with Crippen LogP contribution in [0.3, 0.4) is 0 Å². The number of halogens is 1. The Hall–Kier alpha value is -3.07. The first-order valence-electron chi connectivity index (χ1n) is 8.44. The van der Waals surface area contributed by atoms with Crippen molar-refractivity contribution >= 4 is 15.8 Å². The third-order valence-electron chi connectivity index (χ3n) is 3.99. The van der Waals surface area contributed by atoms with Crippen LogP contribution in [0, 0.1) is 5.82 Å². The second kappa shape index (κ2) is 7.89. The number of sulfone groups is 1. The Morgan fingerprint density at radius 3 is 2.50 bits per heavy atom. The van der Waals surface area contributed by atoms with E-state index in [1.54, 1.807) is 6.07 Å². The topological polar surface area (TPSA) is 99.4 Å². The van der Waals surface area contributed by atoms with Crippen molar-refractivity contribution in [3.63, 3.8) is 0 Å². The third kappa shape index (κ3) is 4.09. The highest BCUT2D eigenvalue weighted by Gasteiger charge is 2.25. The highest BCUT2D eigenvalue weighted by atomic mass is 32.2. The van der Waals surface area contributed by atoms with Crippen molar-refractivity contribution in [2.75, 3.05) is 5.75 Å². The standard InChI is InChI=1S/C19H17FN2O5S/c1-3-28(24,25)16-7-5-4-6-15(16)19(23)26-12(2)17-21-22-18(27-17)13-8-10-14(20)11-9-13/h4-12H,3H2,1-2H3/t12-/m1/s1. The van der Waals surface area contributed by atoms with Gasteiger partial charge in [-0.2, -0.15) is 0 Å².